The Morgan fingerprint density at radius 2 is 2.05 bits per heavy atom. The van der Waals surface area contributed by atoms with Crippen LogP contribution in [0, 0.1) is 0 Å². The standard InChI is InChI=1S/C14H11BrN4OS/c1-8(20)17-14-19-12(10-2-3-11(15)18-10)13(21-14)9-4-6-16-7-5-9/h2-7,18H,1H3,(H,17,19,20). The molecule has 3 heterocycles. The van der Waals surface area contributed by atoms with Gasteiger partial charge in [0, 0.05) is 19.3 Å². The topological polar surface area (TPSA) is 70.7 Å². The van der Waals surface area contributed by atoms with Crippen molar-refractivity contribution in [2.45, 2.75) is 6.92 Å². The molecule has 106 valence electrons. The molecule has 0 atom stereocenters. The third-order valence-corrected chi connectivity index (χ3v) is 4.24. The van der Waals surface area contributed by atoms with Gasteiger partial charge >= 0.3 is 0 Å². The number of aromatic amines is 1. The van der Waals surface area contributed by atoms with Crippen LogP contribution in [0.1, 0.15) is 6.92 Å². The molecule has 3 aromatic heterocycles. The van der Waals surface area contributed by atoms with Gasteiger partial charge in [0.1, 0.15) is 5.69 Å². The van der Waals surface area contributed by atoms with Crippen LogP contribution in [0.4, 0.5) is 5.13 Å². The summed E-state index contributed by atoms with van der Waals surface area (Å²) in [4.78, 5) is 24.0. The fraction of sp³-hybridized carbons (Fsp3) is 0.0714. The maximum atomic E-state index is 11.2. The van der Waals surface area contributed by atoms with Crippen molar-refractivity contribution in [3.63, 3.8) is 0 Å². The molecule has 0 bridgehead atoms. The Hall–Kier alpha value is -1.99. The highest BCUT2D eigenvalue weighted by atomic mass is 79.9. The fourth-order valence-electron chi connectivity index (χ4n) is 1.91. The maximum Gasteiger partial charge on any atom is 0.223 e. The van der Waals surface area contributed by atoms with Crippen molar-refractivity contribution in [3.8, 4) is 21.8 Å². The second-order valence-electron chi connectivity index (χ2n) is 4.33. The van der Waals surface area contributed by atoms with Crippen LogP contribution in [0.5, 0.6) is 0 Å². The average molecular weight is 363 g/mol. The number of aromatic nitrogens is 3. The Labute approximate surface area is 133 Å². The van der Waals surface area contributed by atoms with Crippen LogP contribution in [0.25, 0.3) is 21.8 Å². The minimum Gasteiger partial charge on any atom is -0.348 e. The number of amides is 1. The van der Waals surface area contributed by atoms with E-state index < -0.39 is 0 Å². The Balaban J connectivity index is 2.12. The third kappa shape index (κ3) is 3.03. The van der Waals surface area contributed by atoms with Gasteiger partial charge in [0.05, 0.1) is 15.2 Å². The van der Waals surface area contributed by atoms with Crippen molar-refractivity contribution in [1.29, 1.82) is 0 Å². The predicted octanol–water partition coefficient (Wildman–Crippen LogP) is 3.92. The number of pyridine rings is 1. The summed E-state index contributed by atoms with van der Waals surface area (Å²) < 4.78 is 0.882. The van der Waals surface area contributed by atoms with E-state index in [1.165, 1.54) is 18.3 Å². The first-order valence-electron chi connectivity index (χ1n) is 6.17. The van der Waals surface area contributed by atoms with Gasteiger partial charge in [0.15, 0.2) is 5.13 Å². The van der Waals surface area contributed by atoms with E-state index in [0.29, 0.717) is 5.13 Å². The highest BCUT2D eigenvalue weighted by molar-refractivity contribution is 9.10. The second kappa shape index (κ2) is 5.79. The molecular weight excluding hydrogens is 352 g/mol. The van der Waals surface area contributed by atoms with Gasteiger partial charge in [-0.15, -0.1) is 0 Å². The molecule has 0 aliphatic heterocycles. The number of hydrogen-bond acceptors (Lipinski definition) is 4. The quantitative estimate of drug-likeness (QED) is 0.741. The largest absolute Gasteiger partial charge is 0.348 e. The molecule has 0 radical (unpaired) electrons. The normalized spacial score (nSPS) is 10.6. The summed E-state index contributed by atoms with van der Waals surface area (Å²) >= 11 is 4.84. The van der Waals surface area contributed by atoms with Crippen LogP contribution in [0.3, 0.4) is 0 Å². The molecule has 0 unspecified atom stereocenters. The van der Waals surface area contributed by atoms with Crippen LogP contribution in [-0.4, -0.2) is 20.9 Å². The average Bonchev–Trinajstić information content (AvgIpc) is 3.05. The molecule has 21 heavy (non-hydrogen) atoms. The number of rotatable bonds is 3. The third-order valence-electron chi connectivity index (χ3n) is 2.76. The van der Waals surface area contributed by atoms with E-state index in [1.54, 1.807) is 12.4 Å². The summed E-state index contributed by atoms with van der Waals surface area (Å²) in [7, 11) is 0. The fourth-order valence-corrected chi connectivity index (χ4v) is 3.29. The Morgan fingerprint density at radius 3 is 2.67 bits per heavy atom. The minimum atomic E-state index is -0.135. The lowest BCUT2D eigenvalue weighted by molar-refractivity contribution is -0.114. The lowest BCUT2D eigenvalue weighted by Gasteiger charge is -1.99. The maximum absolute atomic E-state index is 11.2. The van der Waals surface area contributed by atoms with Gasteiger partial charge in [-0.2, -0.15) is 0 Å². The van der Waals surface area contributed by atoms with Gasteiger partial charge < -0.3 is 10.3 Å². The first-order valence-corrected chi connectivity index (χ1v) is 7.78. The SMILES string of the molecule is CC(=O)Nc1nc(-c2ccc(Br)[nH]2)c(-c2ccncc2)s1. The number of nitrogens with one attached hydrogen (secondary N) is 2. The predicted molar refractivity (Wildman–Crippen MR) is 87.1 cm³/mol. The summed E-state index contributed by atoms with van der Waals surface area (Å²) in [5, 5.41) is 3.32. The Bertz CT molecular complexity index is 781. The molecule has 0 spiro atoms. The molecule has 0 aliphatic rings. The zero-order valence-corrected chi connectivity index (χ0v) is 13.5. The number of H-pyrrole nitrogens is 1. The highest BCUT2D eigenvalue weighted by Crippen LogP contribution is 2.38. The van der Waals surface area contributed by atoms with Crippen molar-refractivity contribution in [2.75, 3.05) is 5.32 Å². The van der Waals surface area contributed by atoms with Gasteiger partial charge in [-0.25, -0.2) is 4.98 Å². The van der Waals surface area contributed by atoms with Crippen LogP contribution in [0.15, 0.2) is 41.3 Å². The van der Waals surface area contributed by atoms with Crippen molar-refractivity contribution < 1.29 is 4.79 Å². The summed E-state index contributed by atoms with van der Waals surface area (Å²) in [5.41, 5.74) is 2.71. The Morgan fingerprint density at radius 1 is 1.29 bits per heavy atom. The number of nitrogens with zero attached hydrogens (tertiary/aromatic N) is 2. The first kappa shape index (κ1) is 14.0. The number of carbonyl (C=O) groups is 1. The van der Waals surface area contributed by atoms with E-state index in [1.807, 2.05) is 24.3 Å². The van der Waals surface area contributed by atoms with E-state index >= 15 is 0 Å². The minimum absolute atomic E-state index is 0.135. The summed E-state index contributed by atoms with van der Waals surface area (Å²) in [5.74, 6) is -0.135. The van der Waals surface area contributed by atoms with Gasteiger partial charge in [-0.1, -0.05) is 11.3 Å². The van der Waals surface area contributed by atoms with Crippen LogP contribution in [-0.2, 0) is 4.79 Å². The zero-order valence-electron chi connectivity index (χ0n) is 11.1. The van der Waals surface area contributed by atoms with E-state index in [-0.39, 0.29) is 5.91 Å². The molecule has 2 N–H and O–H groups in total. The van der Waals surface area contributed by atoms with Crippen LogP contribution >= 0.6 is 27.3 Å². The molecule has 0 saturated heterocycles. The molecule has 3 rings (SSSR count). The smallest absolute Gasteiger partial charge is 0.223 e. The highest BCUT2D eigenvalue weighted by Gasteiger charge is 2.16. The van der Waals surface area contributed by atoms with E-state index in [2.05, 4.69) is 36.2 Å². The van der Waals surface area contributed by atoms with Crippen LogP contribution in [0.2, 0.25) is 0 Å². The van der Waals surface area contributed by atoms with Crippen molar-refractivity contribution in [3.05, 3.63) is 41.3 Å². The number of carbonyl (C=O) groups excluding carboxylic acids is 1. The second-order valence-corrected chi connectivity index (χ2v) is 6.19. The monoisotopic (exact) mass is 362 g/mol. The molecular formula is C14H11BrN4OS. The lowest BCUT2D eigenvalue weighted by Crippen LogP contribution is -2.04. The summed E-state index contributed by atoms with van der Waals surface area (Å²) in [6.45, 7) is 1.47. The van der Waals surface area contributed by atoms with Gasteiger partial charge in [-0.3, -0.25) is 9.78 Å². The molecule has 7 heteroatoms. The van der Waals surface area contributed by atoms with Gasteiger partial charge in [0.25, 0.3) is 0 Å². The molecule has 0 aliphatic carbocycles. The summed E-state index contributed by atoms with van der Waals surface area (Å²) in [6, 6.07) is 7.71. The van der Waals surface area contributed by atoms with Gasteiger partial charge in [0.2, 0.25) is 5.91 Å². The number of halogens is 1. The van der Waals surface area contributed by atoms with E-state index in [4.69, 9.17) is 0 Å². The van der Waals surface area contributed by atoms with Crippen LogP contribution < -0.4 is 5.32 Å². The molecule has 3 aromatic rings. The number of anilines is 1. The van der Waals surface area contributed by atoms with E-state index in [9.17, 15) is 4.79 Å². The van der Waals surface area contributed by atoms with Crippen molar-refractivity contribution in [1.82, 2.24) is 15.0 Å². The van der Waals surface area contributed by atoms with Gasteiger partial charge in [-0.05, 0) is 45.8 Å². The van der Waals surface area contributed by atoms with Crippen molar-refractivity contribution >= 4 is 38.3 Å². The molecule has 0 fully saturated rings. The lowest BCUT2D eigenvalue weighted by atomic mass is 10.1. The zero-order chi connectivity index (χ0) is 14.8. The Kier molecular flexibility index (Phi) is 3.85. The molecule has 0 aromatic carbocycles. The van der Waals surface area contributed by atoms with Crippen molar-refractivity contribution in [2.24, 2.45) is 0 Å². The molecule has 1 amide bonds. The number of thiazole rings is 1. The molecule has 0 saturated carbocycles. The summed E-state index contributed by atoms with van der Waals surface area (Å²) in [6.07, 6.45) is 3.48. The van der Waals surface area contributed by atoms with E-state index in [0.717, 1.165) is 26.4 Å². The number of hydrogen-bond donors (Lipinski definition) is 2. The first-order chi connectivity index (χ1) is 10.1. The molecule has 5 nitrogen and oxygen atoms in total.